The molecule has 0 aliphatic rings. The van der Waals surface area contributed by atoms with Crippen molar-refractivity contribution in [2.75, 3.05) is 11.9 Å². The minimum absolute atomic E-state index is 0.190. The van der Waals surface area contributed by atoms with E-state index < -0.39 is 5.97 Å². The molecule has 64 valence electrons. The summed E-state index contributed by atoms with van der Waals surface area (Å²) in [4.78, 5) is 10.1. The van der Waals surface area contributed by atoms with E-state index in [1.807, 2.05) is 0 Å². The van der Waals surface area contributed by atoms with E-state index in [0.717, 1.165) is 0 Å². The van der Waals surface area contributed by atoms with Gasteiger partial charge in [-0.15, -0.1) is 0 Å². The predicted octanol–water partition coefficient (Wildman–Crippen LogP) is -0.183. The highest BCUT2D eigenvalue weighted by atomic mass is 16.5. The normalized spacial score (nSPS) is 9.33. The Balaban J connectivity index is 2.57. The zero-order valence-corrected chi connectivity index (χ0v) is 6.23. The summed E-state index contributed by atoms with van der Waals surface area (Å²) >= 11 is 0. The van der Waals surface area contributed by atoms with Crippen molar-refractivity contribution < 1.29 is 14.6 Å². The van der Waals surface area contributed by atoms with E-state index in [1.54, 1.807) is 6.07 Å². The molecule has 1 aromatic heterocycles. The van der Waals surface area contributed by atoms with Gasteiger partial charge in [0.1, 0.15) is 12.2 Å². The quantitative estimate of drug-likeness (QED) is 0.484. The van der Waals surface area contributed by atoms with Crippen molar-refractivity contribution in [3.05, 3.63) is 29.7 Å². The first-order valence-electron chi connectivity index (χ1n) is 3.33. The summed E-state index contributed by atoms with van der Waals surface area (Å²) in [6, 6.07) is 3.16. The number of carboxylic acids is 1. The molecule has 5 nitrogen and oxygen atoms in total. The summed E-state index contributed by atoms with van der Waals surface area (Å²) < 4.78 is 0.601. The molecule has 2 N–H and O–H groups in total. The summed E-state index contributed by atoms with van der Waals surface area (Å²) in [6.07, 6.45) is 2.59. The molecule has 0 radical (unpaired) electrons. The van der Waals surface area contributed by atoms with E-state index >= 15 is 0 Å². The lowest BCUT2D eigenvalue weighted by Crippen LogP contribution is -2.25. The minimum atomic E-state index is -0.962. The monoisotopic (exact) mass is 168 g/mol. The fraction of sp³-hybridized carbons (Fsp3) is 0.143. The lowest BCUT2D eigenvalue weighted by Gasteiger charge is -2.01. The molecule has 5 heteroatoms. The first-order valence-corrected chi connectivity index (χ1v) is 3.33. The van der Waals surface area contributed by atoms with E-state index in [2.05, 4.69) is 5.32 Å². The van der Waals surface area contributed by atoms with Crippen molar-refractivity contribution in [2.45, 2.75) is 0 Å². The lowest BCUT2D eigenvalue weighted by molar-refractivity contribution is -0.604. The van der Waals surface area contributed by atoms with Crippen LogP contribution < -0.4 is 10.0 Å². The average molecular weight is 168 g/mol. The number of anilines is 1. The summed E-state index contributed by atoms with van der Waals surface area (Å²) in [6.45, 7) is -0.190. The van der Waals surface area contributed by atoms with Crippen LogP contribution in [0.4, 0.5) is 5.69 Å². The van der Waals surface area contributed by atoms with Crippen molar-refractivity contribution >= 4 is 11.7 Å². The van der Waals surface area contributed by atoms with Crippen molar-refractivity contribution in [1.29, 1.82) is 0 Å². The van der Waals surface area contributed by atoms with E-state index in [1.165, 1.54) is 18.5 Å². The SMILES string of the molecule is O=C(O)CNc1ccc[n+]([O-])c1. The van der Waals surface area contributed by atoms with E-state index in [9.17, 15) is 10.0 Å². The molecular formula is C7H8N2O3. The Labute approximate surface area is 68.8 Å². The first-order chi connectivity index (χ1) is 5.68. The van der Waals surface area contributed by atoms with Crippen LogP contribution in [-0.2, 0) is 4.79 Å². The van der Waals surface area contributed by atoms with Gasteiger partial charge in [0.15, 0.2) is 6.20 Å². The first kappa shape index (κ1) is 8.32. The number of hydrogen-bond acceptors (Lipinski definition) is 3. The molecule has 0 fully saturated rings. The Bertz CT molecular complexity index is 288. The molecule has 1 heterocycles. The van der Waals surface area contributed by atoms with Crippen molar-refractivity contribution in [3.8, 4) is 0 Å². The van der Waals surface area contributed by atoms with Crippen LogP contribution in [0.5, 0.6) is 0 Å². The molecule has 0 amide bonds. The fourth-order valence-corrected chi connectivity index (χ4v) is 0.737. The highest BCUT2D eigenvalue weighted by molar-refractivity contribution is 5.72. The number of nitrogens with one attached hydrogen (secondary N) is 1. The number of nitrogens with zero attached hydrogens (tertiary/aromatic N) is 1. The third-order valence-corrected chi connectivity index (χ3v) is 1.22. The van der Waals surface area contributed by atoms with Crippen molar-refractivity contribution in [2.24, 2.45) is 0 Å². The number of hydrogen-bond donors (Lipinski definition) is 2. The smallest absolute Gasteiger partial charge is 0.322 e. The zero-order valence-electron chi connectivity index (χ0n) is 6.23. The van der Waals surface area contributed by atoms with Crippen molar-refractivity contribution in [1.82, 2.24) is 0 Å². The molecule has 0 aromatic carbocycles. The summed E-state index contributed by atoms with van der Waals surface area (Å²) in [5.41, 5.74) is 0.495. The predicted molar refractivity (Wildman–Crippen MR) is 41.5 cm³/mol. The van der Waals surface area contributed by atoms with Gasteiger partial charge in [0.05, 0.1) is 0 Å². The highest BCUT2D eigenvalue weighted by Gasteiger charge is 1.98. The molecule has 0 unspecified atom stereocenters. The highest BCUT2D eigenvalue weighted by Crippen LogP contribution is 1.99. The summed E-state index contributed by atoms with van der Waals surface area (Å²) in [7, 11) is 0. The minimum Gasteiger partial charge on any atom is -0.619 e. The summed E-state index contributed by atoms with van der Waals surface area (Å²) in [5, 5.41) is 21.5. The molecule has 0 atom stereocenters. The van der Waals surface area contributed by atoms with Crippen LogP contribution in [0.15, 0.2) is 24.5 Å². The van der Waals surface area contributed by atoms with Crippen LogP contribution in [0.3, 0.4) is 0 Å². The second kappa shape index (κ2) is 3.56. The van der Waals surface area contributed by atoms with Crippen molar-refractivity contribution in [3.63, 3.8) is 0 Å². The maximum atomic E-state index is 10.7. The number of carbonyl (C=O) groups is 1. The molecule has 0 spiro atoms. The van der Waals surface area contributed by atoms with Gasteiger partial charge in [-0.1, -0.05) is 0 Å². The molecule has 1 rings (SSSR count). The molecule has 0 saturated carbocycles. The van der Waals surface area contributed by atoms with Gasteiger partial charge < -0.3 is 15.6 Å². The second-order valence-corrected chi connectivity index (χ2v) is 2.20. The van der Waals surface area contributed by atoms with Gasteiger partial charge in [-0.3, -0.25) is 4.79 Å². The number of pyridine rings is 1. The third kappa shape index (κ3) is 2.45. The van der Waals surface area contributed by atoms with Crippen LogP contribution in [0.25, 0.3) is 0 Å². The Morgan fingerprint density at radius 1 is 1.75 bits per heavy atom. The lowest BCUT2D eigenvalue weighted by atomic mass is 10.4. The van der Waals surface area contributed by atoms with Gasteiger partial charge in [-0.2, -0.15) is 4.73 Å². The van der Waals surface area contributed by atoms with Gasteiger partial charge in [0.2, 0.25) is 6.20 Å². The largest absolute Gasteiger partial charge is 0.619 e. The zero-order chi connectivity index (χ0) is 8.97. The number of aliphatic carboxylic acids is 1. The number of rotatable bonds is 3. The molecule has 0 aliphatic heterocycles. The molecule has 12 heavy (non-hydrogen) atoms. The Kier molecular flexibility index (Phi) is 2.47. The number of aromatic nitrogens is 1. The second-order valence-electron chi connectivity index (χ2n) is 2.20. The Morgan fingerprint density at radius 2 is 2.50 bits per heavy atom. The molecule has 0 saturated heterocycles. The van der Waals surface area contributed by atoms with Crippen LogP contribution in [0.2, 0.25) is 0 Å². The van der Waals surface area contributed by atoms with Gasteiger partial charge in [0.25, 0.3) is 0 Å². The topological polar surface area (TPSA) is 76.3 Å². The average Bonchev–Trinajstić information content (AvgIpc) is 2.01. The maximum absolute atomic E-state index is 10.7. The van der Waals surface area contributed by atoms with E-state index in [0.29, 0.717) is 10.4 Å². The van der Waals surface area contributed by atoms with Gasteiger partial charge in [-0.05, 0) is 6.07 Å². The molecular weight excluding hydrogens is 160 g/mol. The van der Waals surface area contributed by atoms with Crippen LogP contribution in [0.1, 0.15) is 0 Å². The van der Waals surface area contributed by atoms with Crippen LogP contribution in [-0.4, -0.2) is 17.6 Å². The third-order valence-electron chi connectivity index (χ3n) is 1.22. The van der Waals surface area contributed by atoms with E-state index in [4.69, 9.17) is 5.11 Å². The van der Waals surface area contributed by atoms with Gasteiger partial charge >= 0.3 is 5.97 Å². The molecule has 1 aromatic rings. The standard InChI is InChI=1S/C7H8N2O3/c10-7(11)4-8-6-2-1-3-9(12)5-6/h1-3,5,8H,4H2,(H,10,11). The van der Waals surface area contributed by atoms with E-state index in [-0.39, 0.29) is 6.54 Å². The molecule has 0 aliphatic carbocycles. The fourth-order valence-electron chi connectivity index (χ4n) is 0.737. The van der Waals surface area contributed by atoms with Crippen LogP contribution >= 0.6 is 0 Å². The van der Waals surface area contributed by atoms with Gasteiger partial charge in [0, 0.05) is 6.07 Å². The van der Waals surface area contributed by atoms with Gasteiger partial charge in [-0.25, -0.2) is 0 Å². The molecule has 0 bridgehead atoms. The number of carboxylic acid groups (broad SMARTS) is 1. The van der Waals surface area contributed by atoms with Crippen LogP contribution in [0, 0.1) is 5.21 Å². The Morgan fingerprint density at radius 3 is 3.08 bits per heavy atom. The summed E-state index contributed by atoms with van der Waals surface area (Å²) in [5.74, 6) is -0.962. The maximum Gasteiger partial charge on any atom is 0.322 e. The Hall–Kier alpha value is -1.78.